The van der Waals surface area contributed by atoms with Gasteiger partial charge in [0.1, 0.15) is 44.2 Å². The van der Waals surface area contributed by atoms with Crippen molar-refractivity contribution in [1.82, 2.24) is 0 Å². The molecule has 0 aromatic carbocycles. The van der Waals surface area contributed by atoms with Crippen LogP contribution < -0.4 is 0 Å². The number of carboxylic acids is 3. The maximum Gasteiger partial charge on any atom is 0.329 e. The summed E-state index contributed by atoms with van der Waals surface area (Å²) in [7, 11) is 0. The summed E-state index contributed by atoms with van der Waals surface area (Å²) in [6.45, 7) is -2.79. The normalized spacial score (nSPS) is 30.0. The number of aliphatic carboxylic acids is 3. The van der Waals surface area contributed by atoms with Gasteiger partial charge in [0.2, 0.25) is 0 Å². The fourth-order valence-electron chi connectivity index (χ4n) is 2.01. The maximum absolute atomic E-state index is 10.6. The topological polar surface area (TPSA) is 189 Å². The van der Waals surface area contributed by atoms with Crippen LogP contribution in [0.4, 0.5) is 0 Å². The van der Waals surface area contributed by atoms with E-state index < -0.39 is 75.0 Å². The highest BCUT2D eigenvalue weighted by molar-refractivity contribution is 5.68. The van der Waals surface area contributed by atoms with Crippen molar-refractivity contribution in [2.45, 2.75) is 30.7 Å². The second kappa shape index (κ2) is 9.46. The van der Waals surface area contributed by atoms with Crippen molar-refractivity contribution in [3.63, 3.8) is 0 Å². The zero-order valence-corrected chi connectivity index (χ0v) is 12.3. The quantitative estimate of drug-likeness (QED) is 0.269. The van der Waals surface area contributed by atoms with Gasteiger partial charge in [-0.1, -0.05) is 0 Å². The average molecular weight is 354 g/mol. The molecule has 0 saturated carbocycles. The first kappa shape index (κ1) is 20.2. The van der Waals surface area contributed by atoms with E-state index >= 15 is 0 Å². The number of aliphatic hydroxyl groups excluding tert-OH is 2. The second-order valence-corrected chi connectivity index (χ2v) is 4.80. The first-order chi connectivity index (χ1) is 11.2. The first-order valence-electron chi connectivity index (χ1n) is 6.70. The van der Waals surface area contributed by atoms with E-state index in [0.717, 1.165) is 0 Å². The van der Waals surface area contributed by atoms with Crippen LogP contribution in [-0.4, -0.2) is 101 Å². The molecule has 0 bridgehead atoms. The molecule has 12 nitrogen and oxygen atoms in total. The van der Waals surface area contributed by atoms with Gasteiger partial charge in [-0.05, 0) is 0 Å². The minimum absolute atomic E-state index is 0.427. The van der Waals surface area contributed by atoms with Gasteiger partial charge in [0.15, 0.2) is 6.29 Å². The molecule has 1 heterocycles. The third kappa shape index (κ3) is 6.35. The summed E-state index contributed by atoms with van der Waals surface area (Å²) in [5, 5.41) is 45.7. The van der Waals surface area contributed by atoms with Crippen LogP contribution in [-0.2, 0) is 33.3 Å². The third-order valence-electron chi connectivity index (χ3n) is 2.94. The van der Waals surface area contributed by atoms with Gasteiger partial charge in [0.05, 0.1) is 6.61 Å². The first-order valence-corrected chi connectivity index (χ1v) is 6.70. The number of ether oxygens (including phenoxy) is 4. The van der Waals surface area contributed by atoms with Gasteiger partial charge in [-0.15, -0.1) is 0 Å². The predicted molar refractivity (Wildman–Crippen MR) is 70.1 cm³/mol. The molecule has 0 aromatic rings. The Morgan fingerprint density at radius 2 is 1.33 bits per heavy atom. The van der Waals surface area contributed by atoms with Crippen LogP contribution in [0.5, 0.6) is 0 Å². The van der Waals surface area contributed by atoms with Gasteiger partial charge in [0, 0.05) is 0 Å². The lowest BCUT2D eigenvalue weighted by Gasteiger charge is -2.41. The van der Waals surface area contributed by atoms with Crippen LogP contribution >= 0.6 is 0 Å². The van der Waals surface area contributed by atoms with Gasteiger partial charge in [-0.2, -0.15) is 0 Å². The smallest absolute Gasteiger partial charge is 0.329 e. The molecule has 1 aliphatic heterocycles. The van der Waals surface area contributed by atoms with E-state index in [1.807, 2.05) is 0 Å². The molecule has 12 heteroatoms. The van der Waals surface area contributed by atoms with Crippen molar-refractivity contribution in [2.75, 3.05) is 26.4 Å². The molecule has 1 aliphatic rings. The van der Waals surface area contributed by atoms with Gasteiger partial charge < -0.3 is 44.5 Å². The van der Waals surface area contributed by atoms with Crippen LogP contribution in [0.3, 0.4) is 0 Å². The van der Waals surface area contributed by atoms with E-state index in [0.29, 0.717) is 0 Å². The van der Waals surface area contributed by atoms with Crippen molar-refractivity contribution >= 4 is 17.9 Å². The monoisotopic (exact) mass is 354 g/mol. The van der Waals surface area contributed by atoms with E-state index in [2.05, 4.69) is 0 Å². The largest absolute Gasteiger partial charge is 0.480 e. The Balaban J connectivity index is 2.76. The van der Waals surface area contributed by atoms with Crippen LogP contribution in [0.15, 0.2) is 0 Å². The molecule has 138 valence electrons. The highest BCUT2D eigenvalue weighted by Crippen LogP contribution is 2.25. The van der Waals surface area contributed by atoms with E-state index in [-0.39, 0.29) is 0 Å². The Kier molecular flexibility index (Phi) is 7.97. The van der Waals surface area contributed by atoms with Crippen LogP contribution in [0.1, 0.15) is 0 Å². The highest BCUT2D eigenvalue weighted by Gasteiger charge is 2.46. The molecule has 0 radical (unpaired) electrons. The van der Waals surface area contributed by atoms with E-state index in [1.165, 1.54) is 0 Å². The summed E-state index contributed by atoms with van der Waals surface area (Å²) in [6, 6.07) is 0. The summed E-state index contributed by atoms with van der Waals surface area (Å²) in [5.74, 6) is -3.98. The molecule has 0 unspecified atom stereocenters. The Morgan fingerprint density at radius 3 is 1.83 bits per heavy atom. The molecule has 5 atom stereocenters. The molecule has 0 spiro atoms. The van der Waals surface area contributed by atoms with Crippen molar-refractivity contribution in [3.8, 4) is 0 Å². The lowest BCUT2D eigenvalue weighted by atomic mass is 9.99. The average Bonchev–Trinajstić information content (AvgIpc) is 2.46. The van der Waals surface area contributed by atoms with Gasteiger partial charge >= 0.3 is 17.9 Å². The van der Waals surface area contributed by atoms with E-state index in [4.69, 9.17) is 34.3 Å². The summed E-state index contributed by atoms with van der Waals surface area (Å²) >= 11 is 0. The number of rotatable bonds is 10. The standard InChI is InChI=1S/C12H18O12/c13-6(14)2-21-1-5-9(19)10(22-3-7(15)16)11(12(20)24-5)23-4-8(17)18/h5,9-12,19-20H,1-4H2,(H,13,14)(H,15,16)(H,17,18)/t5-,9+,10+,11-,12-/m1/s1. The minimum Gasteiger partial charge on any atom is -0.480 e. The molecule has 0 aromatic heterocycles. The number of hydrogen-bond acceptors (Lipinski definition) is 9. The fraction of sp³-hybridized carbons (Fsp3) is 0.750. The molecule has 24 heavy (non-hydrogen) atoms. The van der Waals surface area contributed by atoms with Crippen LogP contribution in [0.25, 0.3) is 0 Å². The minimum atomic E-state index is -1.75. The number of carboxylic acid groups (broad SMARTS) is 3. The SMILES string of the molecule is O=C(O)COC[C@H]1O[C@@H](O)[C@H](OCC(=O)O)[C@@H](OCC(=O)O)[C@H]1O. The highest BCUT2D eigenvalue weighted by atomic mass is 16.7. The Bertz CT molecular complexity index is 451. The molecule has 5 N–H and O–H groups in total. The van der Waals surface area contributed by atoms with Crippen molar-refractivity contribution < 1.29 is 58.9 Å². The zero-order chi connectivity index (χ0) is 18.3. The molecule has 1 fully saturated rings. The number of carbonyl (C=O) groups is 3. The molecular weight excluding hydrogens is 336 g/mol. The summed E-state index contributed by atoms with van der Waals surface area (Å²) in [4.78, 5) is 31.5. The maximum atomic E-state index is 10.6. The Labute approximate surface area is 135 Å². The lowest BCUT2D eigenvalue weighted by Crippen LogP contribution is -2.61. The number of hydrogen-bond donors (Lipinski definition) is 5. The summed E-state index contributed by atoms with van der Waals surface area (Å²) < 4.78 is 19.6. The molecular formula is C12H18O12. The van der Waals surface area contributed by atoms with Gasteiger partial charge in [-0.25, -0.2) is 14.4 Å². The van der Waals surface area contributed by atoms with Crippen LogP contribution in [0, 0.1) is 0 Å². The van der Waals surface area contributed by atoms with Crippen molar-refractivity contribution in [3.05, 3.63) is 0 Å². The summed E-state index contributed by atoms with van der Waals surface area (Å²) in [5.41, 5.74) is 0. The fourth-order valence-corrected chi connectivity index (χ4v) is 2.01. The zero-order valence-electron chi connectivity index (χ0n) is 12.3. The molecule has 0 aliphatic carbocycles. The predicted octanol–water partition coefficient (Wildman–Crippen LogP) is -2.89. The molecule has 1 rings (SSSR count). The van der Waals surface area contributed by atoms with Gasteiger partial charge in [-0.3, -0.25) is 0 Å². The number of aliphatic hydroxyl groups is 2. The van der Waals surface area contributed by atoms with E-state index in [9.17, 15) is 24.6 Å². The summed E-state index contributed by atoms with van der Waals surface area (Å²) in [6.07, 6.45) is -7.43. The molecule has 0 amide bonds. The second-order valence-electron chi connectivity index (χ2n) is 4.80. The van der Waals surface area contributed by atoms with Crippen LogP contribution in [0.2, 0.25) is 0 Å². The van der Waals surface area contributed by atoms with Crippen molar-refractivity contribution in [1.29, 1.82) is 0 Å². The van der Waals surface area contributed by atoms with E-state index in [1.54, 1.807) is 0 Å². The third-order valence-corrected chi connectivity index (χ3v) is 2.94. The lowest BCUT2D eigenvalue weighted by molar-refractivity contribution is -0.304. The Hall–Kier alpha value is -1.83. The van der Waals surface area contributed by atoms with Gasteiger partial charge in [0.25, 0.3) is 0 Å². The Morgan fingerprint density at radius 1 is 0.833 bits per heavy atom. The van der Waals surface area contributed by atoms with Crippen molar-refractivity contribution in [2.24, 2.45) is 0 Å². The molecule has 1 saturated heterocycles.